The first-order valence-electron chi connectivity index (χ1n) is 3.36. The van der Waals surface area contributed by atoms with Gasteiger partial charge in [-0.1, -0.05) is 11.6 Å². The molecule has 0 unspecified atom stereocenters. The van der Waals surface area contributed by atoms with E-state index in [1.165, 1.54) is 0 Å². The zero-order valence-corrected chi connectivity index (χ0v) is 7.11. The third-order valence-electron chi connectivity index (χ3n) is 1.47. The quantitative estimate of drug-likeness (QED) is 0.754. The summed E-state index contributed by atoms with van der Waals surface area (Å²) in [6.45, 7) is 0. The van der Waals surface area contributed by atoms with Crippen molar-refractivity contribution >= 4 is 17.6 Å². The molecule has 0 amide bonds. The lowest BCUT2D eigenvalue weighted by atomic mass is 10.1. The van der Waals surface area contributed by atoms with Crippen molar-refractivity contribution in [3.63, 3.8) is 0 Å². The molecule has 1 aromatic carbocycles. The lowest BCUT2D eigenvalue weighted by molar-refractivity contribution is -0.136. The van der Waals surface area contributed by atoms with Crippen LogP contribution in [0.3, 0.4) is 0 Å². The van der Waals surface area contributed by atoms with Gasteiger partial charge in [-0.15, -0.1) is 0 Å². The van der Waals surface area contributed by atoms with Crippen LogP contribution in [0.5, 0.6) is 0 Å². The molecule has 1 N–H and O–H groups in total. The van der Waals surface area contributed by atoms with E-state index in [1.807, 2.05) is 0 Å². The van der Waals surface area contributed by atoms with Crippen molar-refractivity contribution < 1.29 is 18.7 Å². The SMILES string of the molecule is O=C(O)Cc1c(F)ccc(Cl)c1F. The largest absolute Gasteiger partial charge is 0.481 e. The first kappa shape index (κ1) is 9.92. The fourth-order valence-electron chi connectivity index (χ4n) is 0.882. The highest BCUT2D eigenvalue weighted by Crippen LogP contribution is 2.21. The van der Waals surface area contributed by atoms with Crippen molar-refractivity contribution in [2.45, 2.75) is 6.42 Å². The Labute approximate surface area is 77.8 Å². The maximum atomic E-state index is 13.0. The lowest BCUT2D eigenvalue weighted by Gasteiger charge is -2.02. The number of halogens is 3. The van der Waals surface area contributed by atoms with Crippen molar-refractivity contribution in [3.05, 3.63) is 34.4 Å². The number of aliphatic carboxylic acids is 1. The Morgan fingerprint density at radius 3 is 2.62 bits per heavy atom. The predicted molar refractivity (Wildman–Crippen MR) is 42.7 cm³/mol. The Morgan fingerprint density at radius 1 is 1.46 bits per heavy atom. The number of hydrogen-bond donors (Lipinski definition) is 1. The van der Waals surface area contributed by atoms with Crippen molar-refractivity contribution in [2.75, 3.05) is 0 Å². The molecule has 0 fully saturated rings. The fraction of sp³-hybridized carbons (Fsp3) is 0.125. The van der Waals surface area contributed by atoms with Crippen LogP contribution < -0.4 is 0 Å². The Bertz CT molecular complexity index is 352. The van der Waals surface area contributed by atoms with E-state index in [0.29, 0.717) is 0 Å². The van der Waals surface area contributed by atoms with E-state index in [9.17, 15) is 13.6 Å². The van der Waals surface area contributed by atoms with Crippen LogP contribution in [0.15, 0.2) is 12.1 Å². The van der Waals surface area contributed by atoms with Crippen LogP contribution >= 0.6 is 11.6 Å². The van der Waals surface area contributed by atoms with Crippen molar-refractivity contribution in [3.8, 4) is 0 Å². The first-order valence-corrected chi connectivity index (χ1v) is 3.74. The van der Waals surface area contributed by atoms with E-state index < -0.39 is 29.6 Å². The van der Waals surface area contributed by atoms with Crippen LogP contribution in [0.4, 0.5) is 8.78 Å². The van der Waals surface area contributed by atoms with Gasteiger partial charge in [-0.25, -0.2) is 8.78 Å². The van der Waals surface area contributed by atoms with Crippen LogP contribution in [-0.2, 0) is 11.2 Å². The second kappa shape index (κ2) is 3.70. The first-order chi connectivity index (χ1) is 6.02. The van der Waals surface area contributed by atoms with Crippen molar-refractivity contribution in [2.24, 2.45) is 0 Å². The van der Waals surface area contributed by atoms with Gasteiger partial charge in [0.25, 0.3) is 0 Å². The molecule has 0 heterocycles. The van der Waals surface area contributed by atoms with Gasteiger partial charge in [-0.05, 0) is 12.1 Å². The van der Waals surface area contributed by atoms with Gasteiger partial charge in [0.05, 0.1) is 11.4 Å². The van der Waals surface area contributed by atoms with Crippen LogP contribution in [0, 0.1) is 11.6 Å². The Morgan fingerprint density at radius 2 is 2.08 bits per heavy atom. The third kappa shape index (κ3) is 2.15. The molecule has 0 saturated carbocycles. The second-order valence-corrected chi connectivity index (χ2v) is 2.80. The zero-order chi connectivity index (χ0) is 10.0. The average Bonchev–Trinajstić information content (AvgIpc) is 2.05. The van der Waals surface area contributed by atoms with E-state index in [2.05, 4.69) is 0 Å². The van der Waals surface area contributed by atoms with Gasteiger partial charge >= 0.3 is 5.97 Å². The Kier molecular flexibility index (Phi) is 2.83. The highest BCUT2D eigenvalue weighted by atomic mass is 35.5. The second-order valence-electron chi connectivity index (χ2n) is 2.39. The van der Waals surface area contributed by atoms with Gasteiger partial charge in [0.1, 0.15) is 11.6 Å². The Hall–Kier alpha value is -1.16. The van der Waals surface area contributed by atoms with Gasteiger partial charge in [-0.2, -0.15) is 0 Å². The molecule has 1 rings (SSSR count). The van der Waals surface area contributed by atoms with Crippen LogP contribution in [0.2, 0.25) is 5.02 Å². The molecule has 0 aliphatic carbocycles. The zero-order valence-electron chi connectivity index (χ0n) is 6.35. The molecular weight excluding hydrogens is 202 g/mol. The van der Waals surface area contributed by atoms with Gasteiger partial charge in [0.15, 0.2) is 0 Å². The smallest absolute Gasteiger partial charge is 0.308 e. The number of carboxylic acid groups (broad SMARTS) is 1. The molecule has 70 valence electrons. The molecule has 0 spiro atoms. The monoisotopic (exact) mass is 206 g/mol. The molecule has 0 radical (unpaired) electrons. The standard InChI is InChI=1S/C8H5ClF2O2/c9-5-1-2-6(10)4(8(5)11)3-7(12)13/h1-2H,3H2,(H,12,13). The van der Waals surface area contributed by atoms with Crippen LogP contribution in [-0.4, -0.2) is 11.1 Å². The highest BCUT2D eigenvalue weighted by molar-refractivity contribution is 6.30. The summed E-state index contributed by atoms with van der Waals surface area (Å²) in [4.78, 5) is 10.2. The molecular formula is C8H5ClF2O2. The number of carbonyl (C=O) groups is 1. The molecule has 13 heavy (non-hydrogen) atoms. The topological polar surface area (TPSA) is 37.3 Å². The maximum Gasteiger partial charge on any atom is 0.308 e. The summed E-state index contributed by atoms with van der Waals surface area (Å²) in [7, 11) is 0. The molecule has 0 aliphatic rings. The number of hydrogen-bond acceptors (Lipinski definition) is 1. The normalized spacial score (nSPS) is 10.1. The van der Waals surface area contributed by atoms with Gasteiger partial charge in [-0.3, -0.25) is 4.79 Å². The summed E-state index contributed by atoms with van der Waals surface area (Å²) in [5.74, 6) is -3.21. The molecule has 0 bridgehead atoms. The molecule has 1 aromatic rings. The third-order valence-corrected chi connectivity index (χ3v) is 1.76. The minimum Gasteiger partial charge on any atom is -0.481 e. The number of carboxylic acids is 1. The summed E-state index contributed by atoms with van der Waals surface area (Å²) in [6.07, 6.45) is -0.710. The van der Waals surface area contributed by atoms with E-state index >= 15 is 0 Å². The molecule has 5 heteroatoms. The molecule has 0 saturated heterocycles. The number of benzene rings is 1. The molecule has 0 aliphatic heterocycles. The van der Waals surface area contributed by atoms with Crippen molar-refractivity contribution in [1.29, 1.82) is 0 Å². The summed E-state index contributed by atoms with van der Waals surface area (Å²) in [5.41, 5.74) is -0.514. The van der Waals surface area contributed by atoms with Gasteiger partial charge in [0.2, 0.25) is 0 Å². The molecule has 0 atom stereocenters. The minimum atomic E-state index is -1.31. The van der Waals surface area contributed by atoms with E-state index in [1.54, 1.807) is 0 Å². The van der Waals surface area contributed by atoms with Gasteiger partial charge in [0, 0.05) is 5.56 Å². The van der Waals surface area contributed by atoms with Gasteiger partial charge < -0.3 is 5.11 Å². The Balaban J connectivity index is 3.17. The molecule has 2 nitrogen and oxygen atoms in total. The number of rotatable bonds is 2. The van der Waals surface area contributed by atoms with Crippen molar-refractivity contribution in [1.82, 2.24) is 0 Å². The van der Waals surface area contributed by atoms with E-state index in [0.717, 1.165) is 12.1 Å². The minimum absolute atomic E-state index is 0.280. The average molecular weight is 207 g/mol. The summed E-state index contributed by atoms with van der Waals surface area (Å²) < 4.78 is 25.8. The lowest BCUT2D eigenvalue weighted by Crippen LogP contribution is -2.05. The maximum absolute atomic E-state index is 13.0. The molecule has 0 aromatic heterocycles. The van der Waals surface area contributed by atoms with E-state index in [-0.39, 0.29) is 5.02 Å². The fourth-order valence-corrected chi connectivity index (χ4v) is 1.06. The van der Waals surface area contributed by atoms with Crippen LogP contribution in [0.25, 0.3) is 0 Å². The highest BCUT2D eigenvalue weighted by Gasteiger charge is 2.14. The predicted octanol–water partition coefficient (Wildman–Crippen LogP) is 2.25. The van der Waals surface area contributed by atoms with E-state index in [4.69, 9.17) is 16.7 Å². The van der Waals surface area contributed by atoms with Crippen LogP contribution in [0.1, 0.15) is 5.56 Å². The summed E-state index contributed by atoms with van der Waals surface area (Å²) in [5, 5.41) is 8.05. The summed E-state index contributed by atoms with van der Waals surface area (Å²) >= 11 is 5.33. The summed E-state index contributed by atoms with van der Waals surface area (Å²) in [6, 6.07) is 1.97.